The van der Waals surface area contributed by atoms with Crippen LogP contribution in [0.3, 0.4) is 0 Å². The van der Waals surface area contributed by atoms with Gasteiger partial charge in [-0.3, -0.25) is 0 Å². The van der Waals surface area contributed by atoms with E-state index in [1.807, 2.05) is 0 Å². The van der Waals surface area contributed by atoms with Crippen molar-refractivity contribution < 1.29 is 0 Å². The second-order valence-corrected chi connectivity index (χ2v) is 2.74. The molecule has 0 fully saturated rings. The van der Waals surface area contributed by atoms with Gasteiger partial charge in [0.05, 0.1) is 0 Å². The molecule has 11 heavy (non-hydrogen) atoms. The Kier molecular flexibility index (Phi) is 2.96. The van der Waals surface area contributed by atoms with Gasteiger partial charge in [0.2, 0.25) is 0 Å². The minimum atomic E-state index is 1.01. The highest BCUT2D eigenvalue weighted by atomic mass is 14.9. The summed E-state index contributed by atoms with van der Waals surface area (Å²) in [6, 6.07) is 0. The molecule has 0 aromatic heterocycles. The molecule has 0 spiro atoms. The number of hydrogen-bond acceptors (Lipinski definition) is 1. The molecule has 0 aromatic carbocycles. The summed E-state index contributed by atoms with van der Waals surface area (Å²) < 4.78 is 0. The standard InChI is InChI=1S/C10H15N/c1-3-11-10-6-4-5-9(2)7-8-10/h4-5,7-8,11H,3,6H2,1-2H3. The first-order valence-electron chi connectivity index (χ1n) is 4.11. The number of rotatable bonds is 2. The van der Waals surface area contributed by atoms with Crippen LogP contribution in [0.15, 0.2) is 35.6 Å². The van der Waals surface area contributed by atoms with Crippen molar-refractivity contribution in [2.75, 3.05) is 6.54 Å². The molecule has 0 radical (unpaired) electrons. The largest absolute Gasteiger partial charge is 0.388 e. The van der Waals surface area contributed by atoms with Gasteiger partial charge in [0, 0.05) is 18.7 Å². The lowest BCUT2D eigenvalue weighted by Gasteiger charge is -2.03. The molecule has 0 saturated carbocycles. The molecule has 0 aliphatic heterocycles. The van der Waals surface area contributed by atoms with Crippen LogP contribution in [0.5, 0.6) is 0 Å². The quantitative estimate of drug-likeness (QED) is 0.635. The second kappa shape index (κ2) is 4.02. The highest BCUT2D eigenvalue weighted by molar-refractivity contribution is 5.28. The first kappa shape index (κ1) is 8.12. The van der Waals surface area contributed by atoms with Gasteiger partial charge in [-0.2, -0.15) is 0 Å². The zero-order valence-corrected chi connectivity index (χ0v) is 7.22. The summed E-state index contributed by atoms with van der Waals surface area (Å²) in [7, 11) is 0. The van der Waals surface area contributed by atoms with Crippen LogP contribution in [-0.2, 0) is 0 Å². The predicted octanol–water partition coefficient (Wildman–Crippen LogP) is 2.39. The Bertz CT molecular complexity index is 209. The predicted molar refractivity (Wildman–Crippen MR) is 49.3 cm³/mol. The number of allylic oxidation sites excluding steroid dienone is 5. The third kappa shape index (κ3) is 2.62. The molecule has 0 unspecified atom stereocenters. The molecule has 0 aromatic rings. The second-order valence-electron chi connectivity index (χ2n) is 2.74. The minimum absolute atomic E-state index is 1.01. The van der Waals surface area contributed by atoms with Crippen LogP contribution in [0, 0.1) is 0 Å². The van der Waals surface area contributed by atoms with E-state index in [4.69, 9.17) is 0 Å². The summed E-state index contributed by atoms with van der Waals surface area (Å²) in [4.78, 5) is 0. The molecule has 1 rings (SSSR count). The van der Waals surface area contributed by atoms with Gasteiger partial charge in [-0.25, -0.2) is 0 Å². The van der Waals surface area contributed by atoms with Gasteiger partial charge in [-0.1, -0.05) is 23.8 Å². The Morgan fingerprint density at radius 1 is 1.45 bits per heavy atom. The molecular weight excluding hydrogens is 134 g/mol. The van der Waals surface area contributed by atoms with E-state index >= 15 is 0 Å². The van der Waals surface area contributed by atoms with Crippen LogP contribution in [0.2, 0.25) is 0 Å². The monoisotopic (exact) mass is 149 g/mol. The molecule has 0 atom stereocenters. The Hall–Kier alpha value is -0.980. The third-order valence-corrected chi connectivity index (χ3v) is 1.67. The summed E-state index contributed by atoms with van der Waals surface area (Å²) in [6.07, 6.45) is 9.66. The molecule has 0 bridgehead atoms. The summed E-state index contributed by atoms with van der Waals surface area (Å²) in [6.45, 7) is 5.24. The van der Waals surface area contributed by atoms with Crippen LogP contribution in [0.25, 0.3) is 0 Å². The fourth-order valence-electron chi connectivity index (χ4n) is 1.09. The average Bonchev–Trinajstić information content (AvgIpc) is 2.17. The van der Waals surface area contributed by atoms with Crippen molar-refractivity contribution in [3.05, 3.63) is 35.6 Å². The topological polar surface area (TPSA) is 12.0 Å². The Morgan fingerprint density at radius 3 is 3.00 bits per heavy atom. The molecule has 1 aliphatic rings. The Morgan fingerprint density at radius 2 is 2.27 bits per heavy atom. The molecule has 1 N–H and O–H groups in total. The summed E-state index contributed by atoms with van der Waals surface area (Å²) in [5.41, 5.74) is 2.62. The summed E-state index contributed by atoms with van der Waals surface area (Å²) in [5.74, 6) is 0. The number of nitrogens with one attached hydrogen (secondary N) is 1. The molecule has 0 heterocycles. The zero-order valence-electron chi connectivity index (χ0n) is 7.22. The first-order valence-corrected chi connectivity index (χ1v) is 4.11. The highest BCUT2D eigenvalue weighted by Gasteiger charge is 1.93. The van der Waals surface area contributed by atoms with Crippen LogP contribution >= 0.6 is 0 Å². The van der Waals surface area contributed by atoms with Gasteiger partial charge in [-0.05, 0) is 19.9 Å². The van der Waals surface area contributed by atoms with E-state index in [0.717, 1.165) is 13.0 Å². The Labute approximate surface area is 68.5 Å². The van der Waals surface area contributed by atoms with Gasteiger partial charge in [0.1, 0.15) is 0 Å². The van der Waals surface area contributed by atoms with Gasteiger partial charge < -0.3 is 5.32 Å². The van der Waals surface area contributed by atoms with Gasteiger partial charge in [0.25, 0.3) is 0 Å². The van der Waals surface area contributed by atoms with Crippen molar-refractivity contribution in [2.24, 2.45) is 0 Å². The lowest BCUT2D eigenvalue weighted by Crippen LogP contribution is -2.10. The Balaban J connectivity index is 2.62. The molecule has 0 saturated heterocycles. The van der Waals surface area contributed by atoms with Gasteiger partial charge in [0.15, 0.2) is 0 Å². The zero-order chi connectivity index (χ0) is 8.10. The van der Waals surface area contributed by atoms with E-state index < -0.39 is 0 Å². The maximum Gasteiger partial charge on any atom is 0.0145 e. The first-order chi connectivity index (χ1) is 5.33. The average molecular weight is 149 g/mol. The van der Waals surface area contributed by atoms with E-state index in [1.165, 1.54) is 11.3 Å². The van der Waals surface area contributed by atoms with Crippen molar-refractivity contribution >= 4 is 0 Å². The van der Waals surface area contributed by atoms with E-state index in [9.17, 15) is 0 Å². The van der Waals surface area contributed by atoms with Crippen molar-refractivity contribution in [1.82, 2.24) is 5.32 Å². The van der Waals surface area contributed by atoms with E-state index in [0.29, 0.717) is 0 Å². The van der Waals surface area contributed by atoms with Crippen molar-refractivity contribution in [1.29, 1.82) is 0 Å². The van der Waals surface area contributed by atoms with Crippen molar-refractivity contribution in [3.63, 3.8) is 0 Å². The van der Waals surface area contributed by atoms with Crippen LogP contribution in [0.4, 0.5) is 0 Å². The molecule has 1 nitrogen and oxygen atoms in total. The fraction of sp³-hybridized carbons (Fsp3) is 0.400. The van der Waals surface area contributed by atoms with E-state index in [1.54, 1.807) is 0 Å². The van der Waals surface area contributed by atoms with Crippen LogP contribution in [0.1, 0.15) is 20.3 Å². The molecule has 1 heteroatoms. The minimum Gasteiger partial charge on any atom is -0.388 e. The maximum absolute atomic E-state index is 3.31. The molecule has 0 amide bonds. The maximum atomic E-state index is 3.31. The smallest absolute Gasteiger partial charge is 0.0145 e. The molecule has 1 aliphatic carbocycles. The van der Waals surface area contributed by atoms with Crippen molar-refractivity contribution in [3.8, 4) is 0 Å². The van der Waals surface area contributed by atoms with E-state index in [2.05, 4.69) is 43.5 Å². The highest BCUT2D eigenvalue weighted by Crippen LogP contribution is 2.07. The summed E-state index contributed by atoms with van der Waals surface area (Å²) >= 11 is 0. The molecular formula is C10H15N. The normalized spacial score (nSPS) is 16.9. The lowest BCUT2D eigenvalue weighted by molar-refractivity contribution is 0.828. The number of hydrogen-bond donors (Lipinski definition) is 1. The van der Waals surface area contributed by atoms with E-state index in [-0.39, 0.29) is 0 Å². The van der Waals surface area contributed by atoms with Crippen LogP contribution < -0.4 is 5.32 Å². The lowest BCUT2D eigenvalue weighted by atomic mass is 10.3. The fourth-order valence-corrected chi connectivity index (χ4v) is 1.09. The van der Waals surface area contributed by atoms with Gasteiger partial charge in [-0.15, -0.1) is 0 Å². The van der Waals surface area contributed by atoms with Gasteiger partial charge >= 0.3 is 0 Å². The van der Waals surface area contributed by atoms with Crippen molar-refractivity contribution in [2.45, 2.75) is 20.3 Å². The summed E-state index contributed by atoms with van der Waals surface area (Å²) in [5, 5.41) is 3.31. The molecule has 60 valence electrons. The SMILES string of the molecule is CCNC1=CC=C(C)C=CC1. The van der Waals surface area contributed by atoms with Crippen LogP contribution in [-0.4, -0.2) is 6.54 Å². The third-order valence-electron chi connectivity index (χ3n) is 1.67.